The van der Waals surface area contributed by atoms with Gasteiger partial charge in [0.1, 0.15) is 0 Å². The standard InChI is InChI=1S/C17H26N2O4S/c1-13(2)7-8-18-17(20)15-5-4-6-16(11-15)24(21,22)19-9-10-23-12-14(19)3/h4-6,11,13-14H,7-10,12H2,1-3H3,(H,18,20). The Morgan fingerprint density at radius 3 is 2.83 bits per heavy atom. The lowest BCUT2D eigenvalue weighted by molar-refractivity contribution is 0.0392. The summed E-state index contributed by atoms with van der Waals surface area (Å²) in [5.74, 6) is 0.252. The topological polar surface area (TPSA) is 75.7 Å². The minimum absolute atomic E-state index is 0.146. The van der Waals surface area contributed by atoms with Crippen molar-refractivity contribution >= 4 is 15.9 Å². The average Bonchev–Trinajstić information content (AvgIpc) is 2.54. The van der Waals surface area contributed by atoms with Crippen LogP contribution < -0.4 is 5.32 Å². The number of carbonyl (C=O) groups excluding carboxylic acids is 1. The van der Waals surface area contributed by atoms with Crippen molar-refractivity contribution in [2.45, 2.75) is 38.1 Å². The first kappa shape index (κ1) is 18.9. The molecule has 2 rings (SSSR count). The number of hydrogen-bond donors (Lipinski definition) is 1. The summed E-state index contributed by atoms with van der Waals surface area (Å²) in [7, 11) is -3.63. The van der Waals surface area contributed by atoms with E-state index in [9.17, 15) is 13.2 Å². The lowest BCUT2D eigenvalue weighted by Crippen LogP contribution is -2.46. The summed E-state index contributed by atoms with van der Waals surface area (Å²) in [6.45, 7) is 7.67. The Bertz CT molecular complexity index is 673. The van der Waals surface area contributed by atoms with Crippen LogP contribution in [0.2, 0.25) is 0 Å². The molecular weight excluding hydrogens is 328 g/mol. The first-order chi connectivity index (χ1) is 11.3. The Kier molecular flexibility index (Phi) is 6.37. The molecule has 1 fully saturated rings. The fraction of sp³-hybridized carbons (Fsp3) is 0.588. The molecule has 1 aliphatic rings. The third kappa shape index (κ3) is 4.55. The maximum atomic E-state index is 12.8. The van der Waals surface area contributed by atoms with Gasteiger partial charge in [-0.15, -0.1) is 0 Å². The molecule has 0 saturated carbocycles. The molecule has 0 spiro atoms. The molecule has 134 valence electrons. The van der Waals surface area contributed by atoms with Crippen molar-refractivity contribution in [1.82, 2.24) is 9.62 Å². The van der Waals surface area contributed by atoms with Crippen LogP contribution in [-0.2, 0) is 14.8 Å². The maximum absolute atomic E-state index is 12.8. The molecule has 0 aromatic heterocycles. The van der Waals surface area contributed by atoms with Gasteiger partial charge >= 0.3 is 0 Å². The van der Waals surface area contributed by atoms with Crippen molar-refractivity contribution in [3.63, 3.8) is 0 Å². The maximum Gasteiger partial charge on any atom is 0.251 e. The number of nitrogens with zero attached hydrogens (tertiary/aromatic N) is 1. The first-order valence-corrected chi connectivity index (χ1v) is 9.74. The lowest BCUT2D eigenvalue weighted by Gasteiger charge is -2.32. The number of sulfonamides is 1. The molecule has 1 unspecified atom stereocenters. The van der Waals surface area contributed by atoms with E-state index in [1.54, 1.807) is 12.1 Å². The quantitative estimate of drug-likeness (QED) is 0.846. The largest absolute Gasteiger partial charge is 0.378 e. The van der Waals surface area contributed by atoms with E-state index in [4.69, 9.17) is 4.74 Å². The van der Waals surface area contributed by atoms with E-state index in [0.717, 1.165) is 6.42 Å². The van der Waals surface area contributed by atoms with Crippen molar-refractivity contribution < 1.29 is 17.9 Å². The van der Waals surface area contributed by atoms with Gasteiger partial charge in [0.2, 0.25) is 10.0 Å². The predicted molar refractivity (Wildman–Crippen MR) is 92.4 cm³/mol. The van der Waals surface area contributed by atoms with Gasteiger partial charge in [0.15, 0.2) is 0 Å². The molecule has 1 saturated heterocycles. The fourth-order valence-corrected chi connectivity index (χ4v) is 4.23. The van der Waals surface area contributed by atoms with Gasteiger partial charge in [-0.3, -0.25) is 4.79 Å². The Morgan fingerprint density at radius 1 is 1.42 bits per heavy atom. The van der Waals surface area contributed by atoms with Gasteiger partial charge in [-0.1, -0.05) is 19.9 Å². The number of rotatable bonds is 6. The van der Waals surface area contributed by atoms with Gasteiger partial charge in [0.25, 0.3) is 5.91 Å². The van der Waals surface area contributed by atoms with Gasteiger partial charge < -0.3 is 10.1 Å². The van der Waals surface area contributed by atoms with E-state index >= 15 is 0 Å². The zero-order valence-electron chi connectivity index (χ0n) is 14.5. The summed E-state index contributed by atoms with van der Waals surface area (Å²) in [5.41, 5.74) is 0.362. The number of hydrogen-bond acceptors (Lipinski definition) is 4. The van der Waals surface area contributed by atoms with E-state index in [1.807, 2.05) is 6.92 Å². The van der Waals surface area contributed by atoms with Crippen LogP contribution in [0.25, 0.3) is 0 Å². The molecular formula is C17H26N2O4S. The summed E-state index contributed by atoms with van der Waals surface area (Å²) < 4.78 is 32.4. The molecule has 1 aromatic rings. The Hall–Kier alpha value is -1.44. The Labute approximate surface area is 144 Å². The molecule has 0 radical (unpaired) electrons. The number of nitrogens with one attached hydrogen (secondary N) is 1. The number of ether oxygens (including phenoxy) is 1. The highest BCUT2D eigenvalue weighted by atomic mass is 32.2. The third-order valence-electron chi connectivity index (χ3n) is 4.02. The van der Waals surface area contributed by atoms with Crippen molar-refractivity contribution in [1.29, 1.82) is 0 Å². The normalized spacial score (nSPS) is 19.4. The van der Waals surface area contributed by atoms with E-state index in [0.29, 0.717) is 37.8 Å². The molecule has 1 amide bonds. The van der Waals surface area contributed by atoms with E-state index in [-0.39, 0.29) is 16.8 Å². The highest BCUT2D eigenvalue weighted by molar-refractivity contribution is 7.89. The van der Waals surface area contributed by atoms with Crippen molar-refractivity contribution in [2.75, 3.05) is 26.3 Å². The van der Waals surface area contributed by atoms with Crippen LogP contribution in [-0.4, -0.2) is 51.0 Å². The van der Waals surface area contributed by atoms with Crippen LogP contribution in [0.5, 0.6) is 0 Å². The number of morpholine rings is 1. The summed E-state index contributed by atoms with van der Waals surface area (Å²) in [6, 6.07) is 6.00. The van der Waals surface area contributed by atoms with Crippen molar-refractivity contribution in [3.05, 3.63) is 29.8 Å². The van der Waals surface area contributed by atoms with E-state index < -0.39 is 10.0 Å². The summed E-state index contributed by atoms with van der Waals surface area (Å²) >= 11 is 0. The molecule has 1 aromatic carbocycles. The minimum Gasteiger partial charge on any atom is -0.378 e. The van der Waals surface area contributed by atoms with Crippen LogP contribution in [0.4, 0.5) is 0 Å². The van der Waals surface area contributed by atoms with Crippen LogP contribution in [0.3, 0.4) is 0 Å². The van der Waals surface area contributed by atoms with Gasteiger partial charge in [-0.05, 0) is 37.5 Å². The lowest BCUT2D eigenvalue weighted by atomic mass is 10.1. The first-order valence-electron chi connectivity index (χ1n) is 8.30. The van der Waals surface area contributed by atoms with Crippen LogP contribution >= 0.6 is 0 Å². The van der Waals surface area contributed by atoms with Crippen molar-refractivity contribution in [2.24, 2.45) is 5.92 Å². The number of benzene rings is 1. The van der Waals surface area contributed by atoms with E-state index in [1.165, 1.54) is 16.4 Å². The van der Waals surface area contributed by atoms with Crippen LogP contribution in [0.15, 0.2) is 29.2 Å². The molecule has 1 heterocycles. The second-order valence-corrected chi connectivity index (χ2v) is 8.40. The minimum atomic E-state index is -3.63. The zero-order valence-corrected chi connectivity index (χ0v) is 15.3. The van der Waals surface area contributed by atoms with Crippen LogP contribution in [0, 0.1) is 5.92 Å². The van der Waals surface area contributed by atoms with Gasteiger partial charge in [0.05, 0.1) is 18.1 Å². The second-order valence-electron chi connectivity index (χ2n) is 6.51. The molecule has 7 heteroatoms. The molecule has 1 aliphatic heterocycles. The van der Waals surface area contributed by atoms with Gasteiger partial charge in [0, 0.05) is 24.7 Å². The molecule has 6 nitrogen and oxygen atoms in total. The summed E-state index contributed by atoms with van der Waals surface area (Å²) in [6.07, 6.45) is 0.884. The molecule has 0 aliphatic carbocycles. The molecule has 0 bridgehead atoms. The third-order valence-corrected chi connectivity index (χ3v) is 6.03. The summed E-state index contributed by atoms with van der Waals surface area (Å²) in [4.78, 5) is 12.4. The Morgan fingerprint density at radius 2 is 2.17 bits per heavy atom. The zero-order chi connectivity index (χ0) is 17.7. The van der Waals surface area contributed by atoms with Gasteiger partial charge in [-0.25, -0.2) is 8.42 Å². The number of carbonyl (C=O) groups is 1. The Balaban J connectivity index is 2.15. The molecule has 24 heavy (non-hydrogen) atoms. The predicted octanol–water partition coefficient (Wildman–Crippen LogP) is 1.87. The second kappa shape index (κ2) is 8.09. The number of amides is 1. The average molecular weight is 354 g/mol. The van der Waals surface area contributed by atoms with Crippen molar-refractivity contribution in [3.8, 4) is 0 Å². The van der Waals surface area contributed by atoms with Crippen LogP contribution in [0.1, 0.15) is 37.6 Å². The SMILES string of the molecule is CC(C)CCNC(=O)c1cccc(S(=O)(=O)N2CCOCC2C)c1. The van der Waals surface area contributed by atoms with Gasteiger partial charge in [-0.2, -0.15) is 4.31 Å². The summed E-state index contributed by atoms with van der Waals surface area (Å²) in [5, 5.41) is 2.83. The van der Waals surface area contributed by atoms with E-state index in [2.05, 4.69) is 19.2 Å². The highest BCUT2D eigenvalue weighted by Crippen LogP contribution is 2.21. The monoisotopic (exact) mass is 354 g/mol. The molecule has 1 N–H and O–H groups in total. The fourth-order valence-electron chi connectivity index (χ4n) is 2.58. The smallest absolute Gasteiger partial charge is 0.251 e. The highest BCUT2D eigenvalue weighted by Gasteiger charge is 2.31. The molecule has 1 atom stereocenters.